The highest BCUT2D eigenvalue weighted by molar-refractivity contribution is 7.98. The quantitative estimate of drug-likeness (QED) is 0.653. The van der Waals surface area contributed by atoms with Gasteiger partial charge in [0.1, 0.15) is 5.76 Å². The zero-order valence-electron chi connectivity index (χ0n) is 14.7. The van der Waals surface area contributed by atoms with Gasteiger partial charge in [0.2, 0.25) is 0 Å². The van der Waals surface area contributed by atoms with E-state index in [0.717, 1.165) is 23.8 Å². The van der Waals surface area contributed by atoms with E-state index in [0.29, 0.717) is 18.1 Å². The van der Waals surface area contributed by atoms with Gasteiger partial charge >= 0.3 is 0 Å². The smallest absolute Gasteiger partial charge is 0.287 e. The zero-order chi connectivity index (χ0) is 16.9. The van der Waals surface area contributed by atoms with Crippen molar-refractivity contribution in [3.8, 4) is 0 Å². The van der Waals surface area contributed by atoms with Crippen LogP contribution >= 0.6 is 36.6 Å². The number of aromatic nitrogens is 2. The molecule has 2 rings (SSSR count). The van der Waals surface area contributed by atoms with Crippen molar-refractivity contribution in [1.29, 1.82) is 0 Å². The number of carbonyl (C=O) groups excluding carboxylic acids is 1. The van der Waals surface area contributed by atoms with Crippen molar-refractivity contribution in [1.82, 2.24) is 14.9 Å². The molecular weight excluding hydrogens is 383 g/mol. The van der Waals surface area contributed by atoms with Gasteiger partial charge in [-0.25, -0.2) is 4.98 Å². The first-order valence-corrected chi connectivity index (χ1v) is 8.72. The highest BCUT2D eigenvalue weighted by Crippen LogP contribution is 2.22. The van der Waals surface area contributed by atoms with Crippen molar-refractivity contribution < 1.29 is 9.21 Å². The summed E-state index contributed by atoms with van der Waals surface area (Å²) in [6.45, 7) is 4.49. The van der Waals surface area contributed by atoms with Crippen LogP contribution in [0.25, 0.3) is 0 Å². The summed E-state index contributed by atoms with van der Waals surface area (Å²) in [5, 5.41) is 3.76. The topological polar surface area (TPSA) is 86.1 Å². The fourth-order valence-corrected chi connectivity index (χ4v) is 2.87. The number of hydrogen-bond donors (Lipinski definition) is 2. The molecule has 1 amide bonds. The van der Waals surface area contributed by atoms with Crippen molar-refractivity contribution >= 4 is 42.5 Å². The van der Waals surface area contributed by atoms with Gasteiger partial charge in [-0.3, -0.25) is 4.79 Å². The number of hydrogen-bond acceptors (Lipinski definition) is 5. The number of halogens is 2. The second kappa shape index (κ2) is 10.8. The number of rotatable bonds is 8. The fraction of sp³-hybridized carbons (Fsp3) is 0.500. The van der Waals surface area contributed by atoms with Crippen molar-refractivity contribution in [2.45, 2.75) is 43.1 Å². The number of aryl methyl sites for hydroxylation is 1. The molecule has 0 atom stereocenters. The Morgan fingerprint density at radius 2 is 2.04 bits per heavy atom. The number of imidazole rings is 1. The van der Waals surface area contributed by atoms with E-state index in [4.69, 9.17) is 10.2 Å². The Morgan fingerprint density at radius 3 is 2.60 bits per heavy atom. The van der Waals surface area contributed by atoms with E-state index >= 15 is 0 Å². The van der Waals surface area contributed by atoms with Crippen LogP contribution in [0.15, 0.2) is 34.1 Å². The van der Waals surface area contributed by atoms with Crippen LogP contribution in [-0.4, -0.2) is 27.5 Å². The molecule has 3 N–H and O–H groups in total. The van der Waals surface area contributed by atoms with E-state index in [-0.39, 0.29) is 36.3 Å². The van der Waals surface area contributed by atoms with Crippen LogP contribution in [0.4, 0.5) is 0 Å². The largest absolute Gasteiger partial charge is 0.455 e. The lowest BCUT2D eigenvalue weighted by molar-refractivity contribution is 0.0913. The first kappa shape index (κ1) is 23.9. The second-order valence-electron chi connectivity index (χ2n) is 5.63. The van der Waals surface area contributed by atoms with Crippen molar-refractivity contribution in [2.75, 3.05) is 6.54 Å². The van der Waals surface area contributed by atoms with Crippen LogP contribution in [0, 0.1) is 0 Å². The number of nitrogens with two attached hydrogens (primary N) is 1. The molecular formula is C16H26Cl2N4O2S. The van der Waals surface area contributed by atoms with Gasteiger partial charge in [-0.15, -0.1) is 24.8 Å². The molecule has 25 heavy (non-hydrogen) atoms. The number of nitrogens with zero attached hydrogens (tertiary/aromatic N) is 2. The molecule has 2 aromatic heterocycles. The van der Waals surface area contributed by atoms with Crippen LogP contribution in [0.3, 0.4) is 0 Å². The predicted octanol–water partition coefficient (Wildman–Crippen LogP) is 3.40. The SMILES string of the molecule is CCC(N)(CC)CNC(=O)c1ccc(CSc2nccn2C)o1.Cl.Cl. The fourth-order valence-electron chi connectivity index (χ4n) is 2.05. The Bertz CT molecular complexity index is 656. The molecule has 2 aromatic rings. The molecule has 0 saturated carbocycles. The van der Waals surface area contributed by atoms with Gasteiger partial charge in [-0.05, 0) is 25.0 Å². The van der Waals surface area contributed by atoms with Crippen LogP contribution < -0.4 is 11.1 Å². The summed E-state index contributed by atoms with van der Waals surface area (Å²) in [5.74, 6) is 1.46. The van der Waals surface area contributed by atoms with Gasteiger partial charge in [0.25, 0.3) is 5.91 Å². The third kappa shape index (κ3) is 6.58. The number of carbonyl (C=O) groups is 1. The van der Waals surface area contributed by atoms with Gasteiger partial charge in [-0.1, -0.05) is 25.6 Å². The minimum atomic E-state index is -0.362. The standard InChI is InChI=1S/C16H24N4O2S.2ClH/c1-4-16(17,5-2)11-19-14(21)13-7-6-12(22-13)10-23-15-18-8-9-20(15)3;;/h6-9H,4-5,10-11,17H2,1-3H3,(H,19,21);2*1H. The van der Waals surface area contributed by atoms with Crippen LogP contribution in [0.1, 0.15) is 43.0 Å². The molecule has 0 aliphatic rings. The molecule has 0 aliphatic heterocycles. The Morgan fingerprint density at radius 1 is 1.36 bits per heavy atom. The number of amides is 1. The maximum absolute atomic E-state index is 12.1. The molecule has 9 heteroatoms. The summed E-state index contributed by atoms with van der Waals surface area (Å²) in [4.78, 5) is 16.4. The highest BCUT2D eigenvalue weighted by atomic mass is 35.5. The zero-order valence-corrected chi connectivity index (χ0v) is 17.1. The molecule has 0 unspecified atom stereocenters. The summed E-state index contributed by atoms with van der Waals surface area (Å²) in [5.41, 5.74) is 5.82. The molecule has 0 radical (unpaired) electrons. The van der Waals surface area contributed by atoms with Crippen molar-refractivity contribution in [3.05, 3.63) is 36.0 Å². The monoisotopic (exact) mass is 408 g/mol. The van der Waals surface area contributed by atoms with E-state index in [1.807, 2.05) is 37.7 Å². The molecule has 6 nitrogen and oxygen atoms in total. The summed E-state index contributed by atoms with van der Waals surface area (Å²) in [7, 11) is 1.94. The maximum atomic E-state index is 12.1. The number of furan rings is 1. The van der Waals surface area contributed by atoms with E-state index in [2.05, 4.69) is 10.3 Å². The molecule has 142 valence electrons. The van der Waals surface area contributed by atoms with E-state index in [1.54, 1.807) is 24.0 Å². The average Bonchev–Trinajstić information content (AvgIpc) is 3.19. The summed E-state index contributed by atoms with van der Waals surface area (Å²) >= 11 is 1.56. The van der Waals surface area contributed by atoms with Crippen LogP contribution in [0.5, 0.6) is 0 Å². The van der Waals surface area contributed by atoms with Crippen LogP contribution in [0.2, 0.25) is 0 Å². The normalized spacial score (nSPS) is 10.7. The highest BCUT2D eigenvalue weighted by Gasteiger charge is 2.22. The first-order chi connectivity index (χ1) is 11.0. The lowest BCUT2D eigenvalue weighted by Crippen LogP contribution is -2.49. The number of nitrogens with one attached hydrogen (secondary N) is 1. The lowest BCUT2D eigenvalue weighted by Gasteiger charge is -2.26. The first-order valence-electron chi connectivity index (χ1n) is 7.73. The van der Waals surface area contributed by atoms with Gasteiger partial charge in [-0.2, -0.15) is 0 Å². The van der Waals surface area contributed by atoms with Crippen LogP contribution in [-0.2, 0) is 12.8 Å². The number of thioether (sulfide) groups is 1. The summed E-state index contributed by atoms with van der Waals surface area (Å²) < 4.78 is 7.55. The molecule has 0 bridgehead atoms. The predicted molar refractivity (Wildman–Crippen MR) is 106 cm³/mol. The summed E-state index contributed by atoms with van der Waals surface area (Å²) in [6.07, 6.45) is 5.27. The Labute approximate surface area is 165 Å². The average molecular weight is 409 g/mol. The Kier molecular flexibility index (Phi) is 10.3. The Balaban J connectivity index is 0.00000288. The molecule has 0 aliphatic carbocycles. The van der Waals surface area contributed by atoms with E-state index in [9.17, 15) is 4.79 Å². The minimum Gasteiger partial charge on any atom is -0.455 e. The van der Waals surface area contributed by atoms with E-state index in [1.165, 1.54) is 0 Å². The minimum absolute atomic E-state index is 0. The van der Waals surface area contributed by atoms with Crippen molar-refractivity contribution in [2.24, 2.45) is 12.8 Å². The molecule has 0 fully saturated rings. The third-order valence-corrected chi connectivity index (χ3v) is 5.10. The van der Waals surface area contributed by atoms with E-state index < -0.39 is 0 Å². The molecule has 0 aromatic carbocycles. The second-order valence-corrected chi connectivity index (χ2v) is 6.57. The van der Waals surface area contributed by atoms with Gasteiger partial charge in [0.05, 0.1) is 5.75 Å². The van der Waals surface area contributed by atoms with Crippen molar-refractivity contribution in [3.63, 3.8) is 0 Å². The van der Waals surface area contributed by atoms with Gasteiger partial charge < -0.3 is 20.0 Å². The molecule has 2 heterocycles. The summed E-state index contributed by atoms with van der Waals surface area (Å²) in [6, 6.07) is 3.51. The Hall–Kier alpha value is -1.15. The van der Waals surface area contributed by atoms with Gasteiger partial charge in [0, 0.05) is 31.5 Å². The molecule has 0 spiro atoms. The lowest BCUT2D eigenvalue weighted by atomic mass is 9.94. The third-order valence-electron chi connectivity index (χ3n) is 4.02. The van der Waals surface area contributed by atoms with Gasteiger partial charge in [0.15, 0.2) is 10.9 Å². The maximum Gasteiger partial charge on any atom is 0.287 e. The molecule has 0 saturated heterocycles.